The van der Waals surface area contributed by atoms with E-state index in [4.69, 9.17) is 4.74 Å². The first-order chi connectivity index (χ1) is 13.1. The number of ether oxygens (including phenoxy) is 1. The molecule has 0 bridgehead atoms. The highest BCUT2D eigenvalue weighted by Gasteiger charge is 2.21. The molecule has 10 heteroatoms. The lowest BCUT2D eigenvalue weighted by Gasteiger charge is -2.14. The van der Waals surface area contributed by atoms with Crippen LogP contribution in [0.2, 0.25) is 0 Å². The zero-order chi connectivity index (χ0) is 20.9. The predicted molar refractivity (Wildman–Crippen MR) is 102 cm³/mol. The summed E-state index contributed by atoms with van der Waals surface area (Å²) in [6.07, 6.45) is 1.61. The SMILES string of the molecule is Cc1cnc(C(=O)O[C@@H](C)C(=O)Nc2ccc(S(=O)(=O)NC(C)C)cc2)cn1. The second-order valence-corrected chi connectivity index (χ2v) is 8.09. The second-order valence-electron chi connectivity index (χ2n) is 6.38. The van der Waals surface area contributed by atoms with Crippen LogP contribution in [0.5, 0.6) is 0 Å². The number of amides is 1. The quantitative estimate of drug-likeness (QED) is 0.669. The zero-order valence-electron chi connectivity index (χ0n) is 16.0. The molecule has 2 N–H and O–H groups in total. The number of carbonyl (C=O) groups is 2. The van der Waals surface area contributed by atoms with Gasteiger partial charge >= 0.3 is 5.97 Å². The molecule has 0 aliphatic rings. The summed E-state index contributed by atoms with van der Waals surface area (Å²) in [7, 11) is -3.62. The minimum Gasteiger partial charge on any atom is -0.448 e. The Balaban J connectivity index is 1.98. The van der Waals surface area contributed by atoms with Crippen LogP contribution in [-0.2, 0) is 19.6 Å². The predicted octanol–water partition coefficient (Wildman–Crippen LogP) is 1.66. The molecule has 0 fully saturated rings. The third kappa shape index (κ3) is 5.83. The Kier molecular flexibility index (Phi) is 6.81. The number of anilines is 1. The molecule has 28 heavy (non-hydrogen) atoms. The van der Waals surface area contributed by atoms with E-state index in [0.717, 1.165) is 0 Å². The highest BCUT2D eigenvalue weighted by atomic mass is 32.2. The van der Waals surface area contributed by atoms with Crippen molar-refractivity contribution in [1.29, 1.82) is 0 Å². The number of carbonyl (C=O) groups excluding carboxylic acids is 2. The molecule has 2 aromatic rings. The summed E-state index contributed by atoms with van der Waals surface area (Å²) in [5, 5.41) is 2.56. The maximum atomic E-state index is 12.2. The standard InChI is InChI=1S/C18H22N4O5S/c1-11(2)22-28(25,26)15-7-5-14(6-8-15)21-17(23)13(4)27-18(24)16-10-19-12(3)9-20-16/h5-11,13,22H,1-4H3,(H,21,23)/t13-/m0/s1. The van der Waals surface area contributed by atoms with Crippen LogP contribution in [0.3, 0.4) is 0 Å². The van der Waals surface area contributed by atoms with E-state index < -0.39 is 28.0 Å². The van der Waals surface area contributed by atoms with Crippen LogP contribution in [0.15, 0.2) is 41.6 Å². The van der Waals surface area contributed by atoms with Crippen LogP contribution in [0.1, 0.15) is 37.0 Å². The van der Waals surface area contributed by atoms with Crippen molar-refractivity contribution in [1.82, 2.24) is 14.7 Å². The fourth-order valence-corrected chi connectivity index (χ4v) is 3.36. The Morgan fingerprint density at radius 2 is 1.68 bits per heavy atom. The molecule has 1 aromatic carbocycles. The highest BCUT2D eigenvalue weighted by molar-refractivity contribution is 7.89. The van der Waals surface area contributed by atoms with Gasteiger partial charge in [0.1, 0.15) is 0 Å². The van der Waals surface area contributed by atoms with Gasteiger partial charge in [-0.15, -0.1) is 0 Å². The third-order valence-electron chi connectivity index (χ3n) is 3.47. The molecule has 150 valence electrons. The van der Waals surface area contributed by atoms with Crippen LogP contribution in [0, 0.1) is 6.92 Å². The number of nitrogens with zero attached hydrogens (tertiary/aromatic N) is 2. The van der Waals surface area contributed by atoms with Crippen LogP contribution in [0.4, 0.5) is 5.69 Å². The summed E-state index contributed by atoms with van der Waals surface area (Å²) in [5.74, 6) is -1.33. The maximum absolute atomic E-state index is 12.2. The van der Waals surface area contributed by atoms with Gasteiger partial charge in [-0.1, -0.05) is 0 Å². The average Bonchev–Trinajstić information content (AvgIpc) is 2.61. The van der Waals surface area contributed by atoms with Gasteiger partial charge in [-0.3, -0.25) is 9.78 Å². The third-order valence-corrected chi connectivity index (χ3v) is 5.14. The monoisotopic (exact) mass is 406 g/mol. The van der Waals surface area contributed by atoms with Crippen LogP contribution >= 0.6 is 0 Å². The first kappa shape index (κ1) is 21.5. The van der Waals surface area contributed by atoms with Crippen molar-refractivity contribution in [3.8, 4) is 0 Å². The number of sulfonamides is 1. The van der Waals surface area contributed by atoms with E-state index in [0.29, 0.717) is 11.4 Å². The lowest BCUT2D eigenvalue weighted by atomic mass is 10.3. The van der Waals surface area contributed by atoms with Crippen molar-refractivity contribution >= 4 is 27.6 Å². The molecule has 0 aliphatic carbocycles. The van der Waals surface area contributed by atoms with E-state index in [2.05, 4.69) is 20.0 Å². The number of hydrogen-bond donors (Lipinski definition) is 2. The number of rotatable bonds is 7. The fourth-order valence-electron chi connectivity index (χ4n) is 2.11. The van der Waals surface area contributed by atoms with Crippen molar-refractivity contribution in [2.45, 2.75) is 44.7 Å². The Bertz CT molecular complexity index is 941. The van der Waals surface area contributed by atoms with E-state index in [1.165, 1.54) is 43.6 Å². The molecule has 0 spiro atoms. The molecule has 1 atom stereocenters. The van der Waals surface area contributed by atoms with Crippen molar-refractivity contribution in [2.24, 2.45) is 0 Å². The van der Waals surface area contributed by atoms with Crippen LogP contribution in [-0.4, -0.2) is 42.4 Å². The lowest BCUT2D eigenvalue weighted by molar-refractivity contribution is -0.123. The lowest BCUT2D eigenvalue weighted by Crippen LogP contribution is -2.31. The fraction of sp³-hybridized carbons (Fsp3) is 0.333. The Morgan fingerprint density at radius 1 is 1.04 bits per heavy atom. The highest BCUT2D eigenvalue weighted by Crippen LogP contribution is 2.15. The molecule has 1 heterocycles. The van der Waals surface area contributed by atoms with Crippen molar-refractivity contribution < 1.29 is 22.7 Å². The van der Waals surface area contributed by atoms with Gasteiger partial charge in [-0.25, -0.2) is 22.9 Å². The molecule has 2 rings (SSSR count). The first-order valence-corrected chi connectivity index (χ1v) is 9.99. The van der Waals surface area contributed by atoms with Gasteiger partial charge in [0.15, 0.2) is 11.8 Å². The molecule has 1 aromatic heterocycles. The number of hydrogen-bond acceptors (Lipinski definition) is 7. The minimum absolute atomic E-state index is 0.00235. The van der Waals surface area contributed by atoms with E-state index in [1.807, 2.05) is 0 Å². The van der Waals surface area contributed by atoms with Crippen molar-refractivity contribution in [3.05, 3.63) is 48.0 Å². The van der Waals surface area contributed by atoms with Crippen LogP contribution < -0.4 is 10.0 Å². The largest absolute Gasteiger partial charge is 0.448 e. The topological polar surface area (TPSA) is 127 Å². The Labute approximate surface area is 163 Å². The molecule has 0 radical (unpaired) electrons. The van der Waals surface area contributed by atoms with Gasteiger partial charge in [-0.2, -0.15) is 0 Å². The number of esters is 1. The van der Waals surface area contributed by atoms with Crippen molar-refractivity contribution in [2.75, 3.05) is 5.32 Å². The molecule has 0 aliphatic heterocycles. The molecular formula is C18H22N4O5S. The smallest absolute Gasteiger partial charge is 0.359 e. The summed E-state index contributed by atoms with van der Waals surface area (Å²) < 4.78 is 31.7. The summed E-state index contributed by atoms with van der Waals surface area (Å²) >= 11 is 0. The summed E-state index contributed by atoms with van der Waals surface area (Å²) in [6.45, 7) is 6.59. The van der Waals surface area contributed by atoms with E-state index in [9.17, 15) is 18.0 Å². The number of benzene rings is 1. The number of aromatic nitrogens is 2. The van der Waals surface area contributed by atoms with Gasteiger partial charge in [0, 0.05) is 17.9 Å². The van der Waals surface area contributed by atoms with Gasteiger partial charge in [0.05, 0.1) is 16.8 Å². The van der Waals surface area contributed by atoms with Crippen molar-refractivity contribution in [3.63, 3.8) is 0 Å². The molecule has 1 amide bonds. The van der Waals surface area contributed by atoms with E-state index >= 15 is 0 Å². The Morgan fingerprint density at radius 3 is 2.21 bits per heavy atom. The molecule has 9 nitrogen and oxygen atoms in total. The normalized spacial score (nSPS) is 12.5. The van der Waals surface area contributed by atoms with E-state index in [-0.39, 0.29) is 16.6 Å². The van der Waals surface area contributed by atoms with Crippen LogP contribution in [0.25, 0.3) is 0 Å². The van der Waals surface area contributed by atoms with Gasteiger partial charge < -0.3 is 10.1 Å². The number of nitrogens with one attached hydrogen (secondary N) is 2. The minimum atomic E-state index is -3.62. The van der Waals surface area contributed by atoms with Gasteiger partial charge in [0.25, 0.3) is 5.91 Å². The summed E-state index contributed by atoms with van der Waals surface area (Å²) in [6, 6.07) is 5.41. The molecular weight excluding hydrogens is 384 g/mol. The maximum Gasteiger partial charge on any atom is 0.359 e. The van der Waals surface area contributed by atoms with E-state index in [1.54, 1.807) is 20.8 Å². The number of aryl methyl sites for hydroxylation is 1. The first-order valence-electron chi connectivity index (χ1n) is 8.51. The summed E-state index contributed by atoms with van der Waals surface area (Å²) in [5.41, 5.74) is 1.01. The molecule has 0 saturated heterocycles. The second kappa shape index (κ2) is 8.89. The van der Waals surface area contributed by atoms with Gasteiger partial charge in [-0.05, 0) is 52.0 Å². The Hall–Kier alpha value is -2.85. The molecule has 0 unspecified atom stereocenters. The zero-order valence-corrected chi connectivity index (χ0v) is 16.8. The average molecular weight is 406 g/mol. The van der Waals surface area contributed by atoms with Gasteiger partial charge in [0.2, 0.25) is 10.0 Å². The molecule has 0 saturated carbocycles. The summed E-state index contributed by atoms with van der Waals surface area (Å²) in [4.78, 5) is 32.1.